The fraction of sp³-hybridized carbons (Fsp3) is 0.533. The number of hydrogen-bond donors (Lipinski definition) is 2. The predicted molar refractivity (Wildman–Crippen MR) is 85.0 cm³/mol. The molecule has 124 valence electrons. The Kier molecular flexibility index (Phi) is 4.92. The van der Waals surface area contributed by atoms with Crippen molar-refractivity contribution in [1.29, 1.82) is 0 Å². The van der Waals surface area contributed by atoms with Gasteiger partial charge >= 0.3 is 6.03 Å². The number of carbonyl (C=O) groups excluding carboxylic acids is 1. The number of methoxy groups -OCH3 is 1. The minimum Gasteiger partial charge on any atom is -0.383 e. The molecule has 2 aromatic rings. The van der Waals surface area contributed by atoms with Gasteiger partial charge in [0.15, 0.2) is 5.82 Å². The van der Waals surface area contributed by atoms with Gasteiger partial charge in [-0.05, 0) is 19.3 Å². The van der Waals surface area contributed by atoms with E-state index in [0.717, 1.165) is 31.6 Å². The summed E-state index contributed by atoms with van der Waals surface area (Å²) >= 11 is 0. The third-order valence-electron chi connectivity index (χ3n) is 4.00. The fourth-order valence-corrected chi connectivity index (χ4v) is 2.84. The van der Waals surface area contributed by atoms with Gasteiger partial charge in [0.2, 0.25) is 0 Å². The first kappa shape index (κ1) is 15.5. The maximum absolute atomic E-state index is 12.6. The second-order valence-corrected chi connectivity index (χ2v) is 5.57. The van der Waals surface area contributed by atoms with Crippen LogP contribution in [0.3, 0.4) is 0 Å². The zero-order valence-electron chi connectivity index (χ0n) is 13.2. The van der Waals surface area contributed by atoms with Gasteiger partial charge in [-0.1, -0.05) is 0 Å². The lowest BCUT2D eigenvalue weighted by molar-refractivity contribution is 0.159. The molecule has 1 unspecified atom stereocenters. The summed E-state index contributed by atoms with van der Waals surface area (Å²) in [6, 6.07) is 1.65. The van der Waals surface area contributed by atoms with Gasteiger partial charge in [0.25, 0.3) is 0 Å². The lowest BCUT2D eigenvalue weighted by atomic mass is 10.0. The van der Waals surface area contributed by atoms with Crippen LogP contribution in [0, 0.1) is 0 Å². The third-order valence-corrected chi connectivity index (χ3v) is 4.00. The van der Waals surface area contributed by atoms with Crippen LogP contribution in [0.15, 0.2) is 24.7 Å². The Morgan fingerprint density at radius 1 is 1.52 bits per heavy atom. The van der Waals surface area contributed by atoms with Gasteiger partial charge in [-0.3, -0.25) is 10.00 Å². The summed E-state index contributed by atoms with van der Waals surface area (Å²) in [7, 11) is 1.65. The Morgan fingerprint density at radius 3 is 3.22 bits per heavy atom. The maximum atomic E-state index is 12.6. The molecule has 3 heterocycles. The molecule has 1 aliphatic heterocycles. The molecule has 0 aliphatic carbocycles. The number of nitrogens with zero attached hydrogens (tertiary/aromatic N) is 4. The highest BCUT2D eigenvalue weighted by atomic mass is 16.5. The van der Waals surface area contributed by atoms with E-state index in [1.165, 1.54) is 0 Å². The normalized spacial score (nSPS) is 18.1. The number of ether oxygens (including phenoxy) is 1. The molecule has 23 heavy (non-hydrogen) atoms. The van der Waals surface area contributed by atoms with Crippen LogP contribution in [0.2, 0.25) is 0 Å². The van der Waals surface area contributed by atoms with Gasteiger partial charge in [-0.15, -0.1) is 0 Å². The largest absolute Gasteiger partial charge is 0.383 e. The van der Waals surface area contributed by atoms with E-state index in [1.807, 2.05) is 11.1 Å². The molecule has 0 radical (unpaired) electrons. The van der Waals surface area contributed by atoms with Crippen molar-refractivity contribution in [3.05, 3.63) is 30.5 Å². The summed E-state index contributed by atoms with van der Waals surface area (Å²) < 4.78 is 6.77. The maximum Gasteiger partial charge on any atom is 0.323 e. The van der Waals surface area contributed by atoms with Crippen molar-refractivity contribution in [3.8, 4) is 0 Å². The molecule has 2 aromatic heterocycles. The highest BCUT2D eigenvalue weighted by molar-refractivity contribution is 5.88. The van der Waals surface area contributed by atoms with Gasteiger partial charge in [0.05, 0.1) is 19.2 Å². The Hall–Kier alpha value is -2.35. The molecule has 1 fully saturated rings. The summed E-state index contributed by atoms with van der Waals surface area (Å²) in [4.78, 5) is 21.8. The quantitative estimate of drug-likeness (QED) is 0.882. The minimum absolute atomic E-state index is 0.00525. The number of carbonyl (C=O) groups is 1. The number of imidazole rings is 1. The number of aromatic amines is 1. The number of likely N-dealkylation sites (tertiary alicyclic amines) is 1. The van der Waals surface area contributed by atoms with Crippen molar-refractivity contribution in [1.82, 2.24) is 24.6 Å². The summed E-state index contributed by atoms with van der Waals surface area (Å²) in [5.74, 6) is 1.39. The van der Waals surface area contributed by atoms with Gasteiger partial charge in [-0.25, -0.2) is 9.78 Å². The van der Waals surface area contributed by atoms with E-state index in [9.17, 15) is 4.79 Å². The van der Waals surface area contributed by atoms with E-state index < -0.39 is 0 Å². The molecule has 2 amide bonds. The molecule has 0 bridgehead atoms. The first-order chi connectivity index (χ1) is 11.3. The Balaban J connectivity index is 1.65. The predicted octanol–water partition coefficient (Wildman–Crippen LogP) is 2.01. The highest BCUT2D eigenvalue weighted by Crippen LogP contribution is 2.29. The van der Waals surface area contributed by atoms with Gasteiger partial charge in [0.1, 0.15) is 5.82 Å². The molecule has 0 spiro atoms. The number of nitrogens with one attached hydrogen (secondary N) is 2. The standard InChI is InChI=1S/C15H22N6O2/c1-23-11-10-20-9-5-13(19-20)18-15(22)21-8-3-2-4-12(21)14-16-6-7-17-14/h5-7,9,12H,2-4,8,10-11H2,1H3,(H,16,17)(H,18,19,22). The molecular weight excluding hydrogens is 296 g/mol. The monoisotopic (exact) mass is 318 g/mol. The molecule has 0 saturated carbocycles. The van der Waals surface area contributed by atoms with Crippen LogP contribution in [0.5, 0.6) is 0 Å². The zero-order valence-corrected chi connectivity index (χ0v) is 13.2. The van der Waals surface area contributed by atoms with Crippen molar-refractivity contribution >= 4 is 11.8 Å². The second-order valence-electron chi connectivity index (χ2n) is 5.57. The van der Waals surface area contributed by atoms with E-state index in [0.29, 0.717) is 19.0 Å². The van der Waals surface area contributed by atoms with Crippen molar-refractivity contribution < 1.29 is 9.53 Å². The van der Waals surface area contributed by atoms with Crippen LogP contribution >= 0.6 is 0 Å². The molecule has 8 heteroatoms. The lowest BCUT2D eigenvalue weighted by Gasteiger charge is -2.34. The van der Waals surface area contributed by atoms with Crippen molar-refractivity contribution in [2.24, 2.45) is 0 Å². The lowest BCUT2D eigenvalue weighted by Crippen LogP contribution is -2.41. The average molecular weight is 318 g/mol. The molecule has 2 N–H and O–H groups in total. The van der Waals surface area contributed by atoms with Crippen LogP contribution in [-0.2, 0) is 11.3 Å². The number of anilines is 1. The Labute approximate surface area is 134 Å². The van der Waals surface area contributed by atoms with Crippen LogP contribution in [0.1, 0.15) is 31.1 Å². The number of urea groups is 1. The van der Waals surface area contributed by atoms with Gasteiger partial charge < -0.3 is 14.6 Å². The third kappa shape index (κ3) is 3.70. The van der Waals surface area contributed by atoms with Crippen LogP contribution in [0.4, 0.5) is 10.6 Å². The number of H-pyrrole nitrogens is 1. The molecular formula is C15H22N6O2. The number of hydrogen-bond acceptors (Lipinski definition) is 4. The highest BCUT2D eigenvalue weighted by Gasteiger charge is 2.29. The summed E-state index contributed by atoms with van der Waals surface area (Å²) in [6.07, 6.45) is 8.36. The molecule has 0 aromatic carbocycles. The summed E-state index contributed by atoms with van der Waals surface area (Å²) in [6.45, 7) is 1.97. The molecule has 3 rings (SSSR count). The van der Waals surface area contributed by atoms with Crippen molar-refractivity contribution in [3.63, 3.8) is 0 Å². The topological polar surface area (TPSA) is 88.1 Å². The number of rotatable bonds is 5. The van der Waals surface area contributed by atoms with Gasteiger partial charge in [0, 0.05) is 38.3 Å². The number of piperidine rings is 1. The van der Waals surface area contributed by atoms with Crippen LogP contribution in [0.25, 0.3) is 0 Å². The SMILES string of the molecule is COCCn1ccc(NC(=O)N2CCCCC2c2ncc[nH]2)n1. The van der Waals surface area contributed by atoms with E-state index in [2.05, 4.69) is 20.4 Å². The summed E-state index contributed by atoms with van der Waals surface area (Å²) in [5, 5.41) is 7.20. The van der Waals surface area contributed by atoms with Crippen molar-refractivity contribution in [2.45, 2.75) is 31.8 Å². The Morgan fingerprint density at radius 2 is 2.43 bits per heavy atom. The first-order valence-electron chi connectivity index (χ1n) is 7.87. The smallest absolute Gasteiger partial charge is 0.323 e. The van der Waals surface area contributed by atoms with E-state index in [1.54, 1.807) is 30.3 Å². The van der Waals surface area contributed by atoms with Crippen molar-refractivity contribution in [2.75, 3.05) is 25.6 Å². The zero-order chi connectivity index (χ0) is 16.1. The van der Waals surface area contributed by atoms with E-state index >= 15 is 0 Å². The number of amides is 2. The van der Waals surface area contributed by atoms with Gasteiger partial charge in [-0.2, -0.15) is 5.10 Å². The van der Waals surface area contributed by atoms with E-state index in [-0.39, 0.29) is 12.1 Å². The molecule has 1 saturated heterocycles. The average Bonchev–Trinajstić information content (AvgIpc) is 3.25. The van der Waals surface area contributed by atoms with Crippen LogP contribution in [-0.4, -0.2) is 50.9 Å². The number of aromatic nitrogens is 4. The molecule has 8 nitrogen and oxygen atoms in total. The summed E-state index contributed by atoms with van der Waals surface area (Å²) in [5.41, 5.74) is 0. The van der Waals surface area contributed by atoms with E-state index in [4.69, 9.17) is 4.74 Å². The second kappa shape index (κ2) is 7.28. The Bertz CT molecular complexity index is 624. The fourth-order valence-electron chi connectivity index (χ4n) is 2.84. The van der Waals surface area contributed by atoms with Crippen LogP contribution < -0.4 is 5.32 Å². The molecule has 1 aliphatic rings. The first-order valence-corrected chi connectivity index (χ1v) is 7.87. The molecule has 1 atom stereocenters. The minimum atomic E-state index is -0.136.